The van der Waals surface area contributed by atoms with Gasteiger partial charge in [-0.2, -0.15) is 0 Å². The van der Waals surface area contributed by atoms with E-state index < -0.39 is 17.7 Å². The lowest BCUT2D eigenvalue weighted by atomic mass is 10.0. The van der Waals surface area contributed by atoms with Crippen LogP contribution in [0.2, 0.25) is 0 Å². The quantitative estimate of drug-likeness (QED) is 0.343. The maximum Gasteiger partial charge on any atom is 0.191 e. The lowest BCUT2D eigenvalue weighted by Gasteiger charge is -2.27. The minimum Gasteiger partial charge on any atom is -0.354 e. The fourth-order valence-electron chi connectivity index (χ4n) is 4.46. The van der Waals surface area contributed by atoms with Crippen LogP contribution in [-0.2, 0) is 0 Å². The third-order valence-electron chi connectivity index (χ3n) is 6.04. The Morgan fingerprint density at radius 1 is 1.21 bits per heavy atom. The molecule has 1 saturated carbocycles. The highest BCUT2D eigenvalue weighted by molar-refractivity contribution is 14.0. The number of nitrogens with zero attached hydrogens (tertiary/aromatic N) is 3. The van der Waals surface area contributed by atoms with E-state index in [1.807, 2.05) is 19.0 Å². The smallest absolute Gasteiger partial charge is 0.191 e. The van der Waals surface area contributed by atoms with Gasteiger partial charge >= 0.3 is 0 Å². The summed E-state index contributed by atoms with van der Waals surface area (Å²) in [6.45, 7) is 2.52. The van der Waals surface area contributed by atoms with Crippen LogP contribution < -0.4 is 10.6 Å². The summed E-state index contributed by atoms with van der Waals surface area (Å²) in [5, 5.41) is 6.75. The highest BCUT2D eigenvalue weighted by Gasteiger charge is 2.30. The molecule has 1 heterocycles. The third kappa shape index (κ3) is 6.24. The Balaban J connectivity index is 0.00000300. The fraction of sp³-hybridized carbons (Fsp3) is 0.667. The van der Waals surface area contributed by atoms with Crippen LogP contribution in [0, 0.1) is 11.6 Å². The first-order chi connectivity index (χ1) is 13.5. The molecule has 0 amide bonds. The Hall–Kier alpha value is -1.00. The van der Waals surface area contributed by atoms with Gasteiger partial charge in [0.2, 0.25) is 0 Å². The summed E-state index contributed by atoms with van der Waals surface area (Å²) < 4.78 is 28.5. The van der Waals surface area contributed by atoms with Gasteiger partial charge in [0.05, 0.1) is 6.04 Å². The predicted octanol–water partition coefficient (Wildman–Crippen LogP) is 3.37. The summed E-state index contributed by atoms with van der Waals surface area (Å²) in [5.74, 6) is -0.361. The molecule has 1 aliphatic carbocycles. The highest BCUT2D eigenvalue weighted by Crippen LogP contribution is 2.27. The van der Waals surface area contributed by atoms with Crippen LogP contribution in [0.1, 0.15) is 43.7 Å². The van der Waals surface area contributed by atoms with Gasteiger partial charge in [0.25, 0.3) is 0 Å². The minimum atomic E-state index is -0.522. The number of rotatable bonds is 6. The van der Waals surface area contributed by atoms with Crippen LogP contribution >= 0.6 is 24.0 Å². The van der Waals surface area contributed by atoms with E-state index in [0.29, 0.717) is 18.5 Å². The Bertz CT molecular complexity index is 659. The largest absolute Gasteiger partial charge is 0.354 e. The van der Waals surface area contributed by atoms with Gasteiger partial charge in [0.1, 0.15) is 11.6 Å². The number of benzene rings is 1. The van der Waals surface area contributed by atoms with Gasteiger partial charge in [0.15, 0.2) is 5.96 Å². The summed E-state index contributed by atoms with van der Waals surface area (Å²) in [6.07, 6.45) is 6.43. The second-order valence-corrected chi connectivity index (χ2v) is 8.13. The van der Waals surface area contributed by atoms with Gasteiger partial charge in [-0.05, 0) is 45.5 Å². The second kappa shape index (κ2) is 11.4. The van der Waals surface area contributed by atoms with Crippen molar-refractivity contribution < 1.29 is 8.78 Å². The first kappa shape index (κ1) is 24.3. The lowest BCUT2D eigenvalue weighted by Crippen LogP contribution is -2.47. The molecule has 1 saturated heterocycles. The fourth-order valence-corrected chi connectivity index (χ4v) is 4.46. The zero-order valence-corrected chi connectivity index (χ0v) is 20.0. The molecule has 2 atom stereocenters. The Labute approximate surface area is 190 Å². The van der Waals surface area contributed by atoms with Crippen molar-refractivity contribution in [1.29, 1.82) is 0 Å². The molecule has 1 aliphatic heterocycles. The second-order valence-electron chi connectivity index (χ2n) is 8.13. The number of guanidine groups is 1. The molecule has 164 valence electrons. The molecule has 1 aromatic rings. The van der Waals surface area contributed by atoms with Crippen molar-refractivity contribution in [2.75, 3.05) is 40.8 Å². The van der Waals surface area contributed by atoms with E-state index in [1.54, 1.807) is 7.05 Å². The average Bonchev–Trinajstić information content (AvgIpc) is 3.34. The van der Waals surface area contributed by atoms with E-state index in [-0.39, 0.29) is 29.5 Å². The normalized spacial score (nSPS) is 22.0. The molecule has 8 heteroatoms. The van der Waals surface area contributed by atoms with E-state index >= 15 is 0 Å². The van der Waals surface area contributed by atoms with Crippen molar-refractivity contribution in [3.63, 3.8) is 0 Å². The number of likely N-dealkylation sites (N-methyl/N-ethyl adjacent to an activating group) is 1. The topological polar surface area (TPSA) is 42.9 Å². The third-order valence-corrected chi connectivity index (χ3v) is 6.04. The van der Waals surface area contributed by atoms with Crippen LogP contribution in [0.4, 0.5) is 8.78 Å². The Morgan fingerprint density at radius 2 is 1.86 bits per heavy atom. The molecule has 2 aliphatic rings. The van der Waals surface area contributed by atoms with Crippen molar-refractivity contribution in [2.24, 2.45) is 4.99 Å². The number of likely N-dealkylation sites (tertiary alicyclic amines) is 1. The van der Waals surface area contributed by atoms with Crippen LogP contribution in [0.15, 0.2) is 23.2 Å². The van der Waals surface area contributed by atoms with Crippen molar-refractivity contribution in [3.8, 4) is 0 Å². The first-order valence-corrected chi connectivity index (χ1v) is 10.3. The highest BCUT2D eigenvalue weighted by atomic mass is 127. The van der Waals surface area contributed by atoms with E-state index in [9.17, 15) is 8.78 Å². The van der Waals surface area contributed by atoms with Crippen LogP contribution in [-0.4, -0.2) is 68.6 Å². The van der Waals surface area contributed by atoms with Crippen LogP contribution in [0.5, 0.6) is 0 Å². The van der Waals surface area contributed by atoms with Gasteiger partial charge in [-0.3, -0.25) is 9.89 Å². The van der Waals surface area contributed by atoms with Gasteiger partial charge in [0, 0.05) is 44.3 Å². The van der Waals surface area contributed by atoms with E-state index in [1.165, 1.54) is 43.9 Å². The predicted molar refractivity (Wildman–Crippen MR) is 125 cm³/mol. The number of hydrogen-bond donors (Lipinski definition) is 2. The molecular weight excluding hydrogens is 487 g/mol. The monoisotopic (exact) mass is 521 g/mol. The number of nitrogens with one attached hydrogen (secondary N) is 2. The summed E-state index contributed by atoms with van der Waals surface area (Å²) in [7, 11) is 5.38. The molecule has 2 fully saturated rings. The number of aliphatic imine (C=N–C) groups is 1. The summed E-state index contributed by atoms with van der Waals surface area (Å²) in [4.78, 5) is 8.72. The molecule has 0 spiro atoms. The molecule has 0 aromatic heterocycles. The summed E-state index contributed by atoms with van der Waals surface area (Å²) in [6, 6.07) is 4.67. The zero-order valence-electron chi connectivity index (χ0n) is 17.6. The maximum absolute atomic E-state index is 14.2. The van der Waals surface area contributed by atoms with E-state index in [4.69, 9.17) is 0 Å². The molecule has 1 aromatic carbocycles. The number of hydrogen-bond acceptors (Lipinski definition) is 3. The zero-order chi connectivity index (χ0) is 20.1. The average molecular weight is 521 g/mol. The van der Waals surface area contributed by atoms with Crippen molar-refractivity contribution in [1.82, 2.24) is 20.4 Å². The summed E-state index contributed by atoms with van der Waals surface area (Å²) in [5.41, 5.74) is 0.0868. The Kier molecular flexibility index (Phi) is 9.55. The van der Waals surface area contributed by atoms with Gasteiger partial charge < -0.3 is 15.5 Å². The van der Waals surface area contributed by atoms with Crippen LogP contribution in [0.25, 0.3) is 0 Å². The number of halogens is 3. The Morgan fingerprint density at radius 3 is 2.45 bits per heavy atom. The van der Waals surface area contributed by atoms with Gasteiger partial charge in [-0.25, -0.2) is 8.78 Å². The molecule has 0 radical (unpaired) electrons. The molecule has 2 unspecified atom stereocenters. The van der Waals surface area contributed by atoms with Gasteiger partial charge in [-0.1, -0.05) is 18.9 Å². The molecule has 29 heavy (non-hydrogen) atoms. The van der Waals surface area contributed by atoms with Gasteiger partial charge in [-0.15, -0.1) is 24.0 Å². The van der Waals surface area contributed by atoms with E-state index in [2.05, 4.69) is 20.5 Å². The maximum atomic E-state index is 14.2. The van der Waals surface area contributed by atoms with Crippen molar-refractivity contribution in [2.45, 2.75) is 50.2 Å². The van der Waals surface area contributed by atoms with Crippen molar-refractivity contribution >= 4 is 29.9 Å². The molecular formula is C21H34F2IN5. The molecule has 3 rings (SSSR count). The molecule has 2 N–H and O–H groups in total. The SMILES string of the molecule is CN=C(NCC(c1c(F)cccc1F)N(C)C)NC1CCN(C2CCCC2)C1.I. The minimum absolute atomic E-state index is 0. The van der Waals surface area contributed by atoms with Crippen molar-refractivity contribution in [3.05, 3.63) is 35.4 Å². The molecule has 0 bridgehead atoms. The van der Waals surface area contributed by atoms with Crippen LogP contribution in [0.3, 0.4) is 0 Å². The summed E-state index contributed by atoms with van der Waals surface area (Å²) >= 11 is 0. The molecule has 5 nitrogen and oxygen atoms in total. The first-order valence-electron chi connectivity index (χ1n) is 10.3. The lowest BCUT2D eigenvalue weighted by molar-refractivity contribution is 0.242. The standard InChI is InChI=1S/C21H33F2N5.HI/c1-24-21(26-15-11-12-28(14-15)16-7-4-5-8-16)25-13-19(27(2)3)20-17(22)9-6-10-18(20)23;/h6,9-10,15-16,19H,4-5,7-8,11-14H2,1-3H3,(H2,24,25,26);1H. The van der Waals surface area contributed by atoms with E-state index in [0.717, 1.165) is 25.6 Å².